The van der Waals surface area contributed by atoms with E-state index in [4.69, 9.17) is 4.74 Å². The molecule has 0 saturated carbocycles. The summed E-state index contributed by atoms with van der Waals surface area (Å²) < 4.78 is 6.13. The van der Waals surface area contributed by atoms with Gasteiger partial charge in [-0.05, 0) is 66.3 Å². The van der Waals surface area contributed by atoms with Gasteiger partial charge in [-0.15, -0.1) is 11.3 Å². The lowest BCUT2D eigenvalue weighted by Crippen LogP contribution is -2.32. The van der Waals surface area contributed by atoms with Crippen molar-refractivity contribution in [3.05, 3.63) is 32.4 Å². The number of ether oxygens (including phenoxy) is 1. The maximum atomic E-state index is 13.1. The van der Waals surface area contributed by atoms with E-state index in [0.717, 1.165) is 50.7 Å². The number of hydrogen-bond donors (Lipinski definition) is 2. The van der Waals surface area contributed by atoms with Crippen molar-refractivity contribution < 1.29 is 14.3 Å². The molecular weight excluding hydrogens is 488 g/mol. The number of anilines is 1. The fourth-order valence-corrected chi connectivity index (χ4v) is 5.76. The fourth-order valence-electron chi connectivity index (χ4n) is 3.77. The van der Waals surface area contributed by atoms with Gasteiger partial charge in [-0.2, -0.15) is 0 Å². The second-order valence-corrected chi connectivity index (χ2v) is 10.0. The number of nitrogens with one attached hydrogen (secondary N) is 2. The third kappa shape index (κ3) is 4.71. The second kappa shape index (κ2) is 9.76. The standard InChI is InChI=1S/C20H23BrN4O3S2/c1-29-20-23-10-13(21)16(24-20)18(27)25-19-15(12-6-2-3-7-14(12)30-19)17(26)22-9-11-5-4-8-28-11/h10-11H,2-9H2,1H3,(H,22,26)(H,25,27)/t11-/m1/s1. The van der Waals surface area contributed by atoms with E-state index in [0.29, 0.717) is 26.7 Å². The molecule has 2 N–H and O–H groups in total. The topological polar surface area (TPSA) is 93.2 Å². The summed E-state index contributed by atoms with van der Waals surface area (Å²) in [6, 6.07) is 0. The number of hydrogen-bond acceptors (Lipinski definition) is 7. The fraction of sp³-hybridized carbons (Fsp3) is 0.500. The van der Waals surface area contributed by atoms with Crippen LogP contribution in [-0.2, 0) is 17.6 Å². The van der Waals surface area contributed by atoms with Crippen LogP contribution in [0.4, 0.5) is 5.00 Å². The Morgan fingerprint density at radius 2 is 2.13 bits per heavy atom. The number of aryl methyl sites for hydroxylation is 1. The van der Waals surface area contributed by atoms with Crippen molar-refractivity contribution in [2.75, 3.05) is 24.7 Å². The molecule has 0 spiro atoms. The molecule has 1 aliphatic carbocycles. The Balaban J connectivity index is 1.58. The Hall–Kier alpha value is -1.49. The highest BCUT2D eigenvalue weighted by Gasteiger charge is 2.28. The monoisotopic (exact) mass is 510 g/mol. The van der Waals surface area contributed by atoms with Crippen LogP contribution in [0.2, 0.25) is 0 Å². The predicted octanol–water partition coefficient (Wildman–Crippen LogP) is 4.06. The minimum atomic E-state index is -0.355. The molecule has 7 nitrogen and oxygen atoms in total. The van der Waals surface area contributed by atoms with E-state index < -0.39 is 0 Å². The normalized spacial score (nSPS) is 18.1. The highest BCUT2D eigenvalue weighted by Crippen LogP contribution is 2.38. The molecule has 2 aromatic heterocycles. The number of amides is 2. The van der Waals surface area contributed by atoms with Gasteiger partial charge in [0.1, 0.15) is 10.7 Å². The summed E-state index contributed by atoms with van der Waals surface area (Å²) in [5, 5.41) is 7.06. The summed E-state index contributed by atoms with van der Waals surface area (Å²) in [7, 11) is 0. The van der Waals surface area contributed by atoms with Crippen LogP contribution < -0.4 is 10.6 Å². The summed E-state index contributed by atoms with van der Waals surface area (Å²) in [6.45, 7) is 1.24. The minimum absolute atomic E-state index is 0.0726. The first-order valence-corrected chi connectivity index (χ1v) is 12.8. The molecule has 0 radical (unpaired) electrons. The summed E-state index contributed by atoms with van der Waals surface area (Å²) in [4.78, 5) is 35.7. The zero-order valence-corrected chi connectivity index (χ0v) is 19.8. The molecular formula is C20H23BrN4O3S2. The van der Waals surface area contributed by atoms with Crippen LogP contribution in [0.5, 0.6) is 0 Å². The first kappa shape index (κ1) is 21.7. The molecule has 10 heteroatoms. The molecule has 30 heavy (non-hydrogen) atoms. The molecule has 2 aliphatic rings. The van der Waals surface area contributed by atoms with Crippen molar-refractivity contribution in [3.8, 4) is 0 Å². The molecule has 0 unspecified atom stereocenters. The van der Waals surface area contributed by atoms with Crippen LogP contribution in [0, 0.1) is 0 Å². The Morgan fingerprint density at radius 3 is 2.90 bits per heavy atom. The number of aromatic nitrogens is 2. The smallest absolute Gasteiger partial charge is 0.276 e. The van der Waals surface area contributed by atoms with Crippen LogP contribution in [0.1, 0.15) is 57.0 Å². The van der Waals surface area contributed by atoms with Crippen LogP contribution in [-0.4, -0.2) is 47.3 Å². The van der Waals surface area contributed by atoms with Gasteiger partial charge in [0, 0.05) is 24.2 Å². The number of rotatable bonds is 6. The van der Waals surface area contributed by atoms with Crippen molar-refractivity contribution in [1.29, 1.82) is 0 Å². The molecule has 1 saturated heterocycles. The SMILES string of the molecule is CSc1ncc(Br)c(C(=O)Nc2sc3c(c2C(=O)NC[C@H]2CCCO2)CCCC3)n1. The summed E-state index contributed by atoms with van der Waals surface area (Å²) in [5.41, 5.74) is 1.92. The lowest BCUT2D eigenvalue weighted by atomic mass is 9.95. The van der Waals surface area contributed by atoms with E-state index in [9.17, 15) is 9.59 Å². The van der Waals surface area contributed by atoms with E-state index in [-0.39, 0.29) is 23.6 Å². The highest BCUT2D eigenvalue weighted by atomic mass is 79.9. The molecule has 1 atom stereocenters. The minimum Gasteiger partial charge on any atom is -0.376 e. The van der Waals surface area contributed by atoms with E-state index in [1.165, 1.54) is 28.0 Å². The lowest BCUT2D eigenvalue weighted by molar-refractivity contribution is 0.0858. The predicted molar refractivity (Wildman–Crippen MR) is 122 cm³/mol. The van der Waals surface area contributed by atoms with Crippen molar-refractivity contribution in [2.24, 2.45) is 0 Å². The van der Waals surface area contributed by atoms with Crippen LogP contribution in [0.3, 0.4) is 0 Å². The maximum absolute atomic E-state index is 13.1. The Bertz CT molecular complexity index is 960. The quantitative estimate of drug-likeness (QED) is 0.449. The van der Waals surface area contributed by atoms with Gasteiger partial charge in [0.05, 0.1) is 16.1 Å². The number of nitrogens with zero attached hydrogens (tertiary/aromatic N) is 2. The molecule has 0 bridgehead atoms. The van der Waals surface area contributed by atoms with Crippen molar-refractivity contribution in [1.82, 2.24) is 15.3 Å². The van der Waals surface area contributed by atoms with Crippen molar-refractivity contribution in [2.45, 2.75) is 49.8 Å². The van der Waals surface area contributed by atoms with E-state index >= 15 is 0 Å². The Kier molecular flexibility index (Phi) is 7.07. The molecule has 4 rings (SSSR count). The van der Waals surface area contributed by atoms with Gasteiger partial charge in [-0.1, -0.05) is 11.8 Å². The third-order valence-electron chi connectivity index (χ3n) is 5.26. The largest absolute Gasteiger partial charge is 0.376 e. The van der Waals surface area contributed by atoms with Gasteiger partial charge in [-0.3, -0.25) is 9.59 Å². The van der Waals surface area contributed by atoms with Gasteiger partial charge in [0.25, 0.3) is 11.8 Å². The van der Waals surface area contributed by atoms with Gasteiger partial charge in [0.15, 0.2) is 5.16 Å². The molecule has 3 heterocycles. The highest BCUT2D eigenvalue weighted by molar-refractivity contribution is 9.10. The van der Waals surface area contributed by atoms with Crippen LogP contribution in [0.25, 0.3) is 0 Å². The van der Waals surface area contributed by atoms with Gasteiger partial charge in [0.2, 0.25) is 0 Å². The number of thioether (sulfide) groups is 1. The van der Waals surface area contributed by atoms with Gasteiger partial charge < -0.3 is 15.4 Å². The van der Waals surface area contributed by atoms with E-state index in [1.807, 2.05) is 6.26 Å². The first-order valence-electron chi connectivity index (χ1n) is 9.99. The average molecular weight is 511 g/mol. The second-order valence-electron chi connectivity index (χ2n) is 7.27. The number of carbonyl (C=O) groups is 2. The molecule has 0 aromatic carbocycles. The molecule has 1 aliphatic heterocycles. The number of fused-ring (bicyclic) bond motifs is 1. The van der Waals surface area contributed by atoms with Gasteiger partial charge >= 0.3 is 0 Å². The first-order chi connectivity index (χ1) is 14.6. The lowest BCUT2D eigenvalue weighted by Gasteiger charge is -2.15. The van der Waals surface area contributed by atoms with Gasteiger partial charge in [-0.25, -0.2) is 9.97 Å². The maximum Gasteiger partial charge on any atom is 0.276 e. The molecule has 2 aromatic rings. The average Bonchev–Trinajstić information content (AvgIpc) is 3.39. The van der Waals surface area contributed by atoms with E-state index in [1.54, 1.807) is 6.20 Å². The molecule has 160 valence electrons. The Morgan fingerprint density at radius 1 is 1.30 bits per heavy atom. The van der Waals surface area contributed by atoms with Crippen LogP contribution >= 0.6 is 39.0 Å². The number of thiophene rings is 1. The van der Waals surface area contributed by atoms with Crippen LogP contribution in [0.15, 0.2) is 15.8 Å². The Labute approximate surface area is 191 Å². The number of carbonyl (C=O) groups excluding carboxylic acids is 2. The summed E-state index contributed by atoms with van der Waals surface area (Å²) in [5.74, 6) is -0.502. The zero-order valence-electron chi connectivity index (χ0n) is 16.6. The van der Waals surface area contributed by atoms with Crippen molar-refractivity contribution in [3.63, 3.8) is 0 Å². The van der Waals surface area contributed by atoms with Crippen molar-refractivity contribution >= 4 is 55.8 Å². The van der Waals surface area contributed by atoms with E-state index in [2.05, 4.69) is 36.5 Å². The summed E-state index contributed by atoms with van der Waals surface area (Å²) in [6.07, 6.45) is 9.45. The third-order valence-corrected chi connectivity index (χ3v) is 7.61. The summed E-state index contributed by atoms with van der Waals surface area (Å²) >= 11 is 6.22. The number of halogens is 1. The molecule has 1 fully saturated rings. The molecule has 2 amide bonds. The zero-order chi connectivity index (χ0) is 21.1.